The molecule has 1 fully saturated rings. The molecule has 0 aromatic heterocycles. The minimum Gasteiger partial charge on any atom is -0.379 e. The fraction of sp³-hybridized carbons (Fsp3) is 0.684. The van der Waals surface area contributed by atoms with Crippen molar-refractivity contribution in [3.8, 4) is 0 Å². The number of hydrogen-bond donors (Lipinski definition) is 1. The van der Waals surface area contributed by atoms with E-state index in [1.807, 2.05) is 0 Å². The lowest BCUT2D eigenvalue weighted by Crippen LogP contribution is -2.37. The highest BCUT2D eigenvalue weighted by molar-refractivity contribution is 5.30. The van der Waals surface area contributed by atoms with E-state index in [0.29, 0.717) is 6.04 Å². The van der Waals surface area contributed by atoms with E-state index < -0.39 is 0 Å². The molecule has 0 radical (unpaired) electrons. The molecule has 1 aromatic carbocycles. The number of nitrogens with one attached hydrogen (secondary N) is 1. The summed E-state index contributed by atoms with van der Waals surface area (Å²) in [5.74, 6) is 0. The van der Waals surface area contributed by atoms with E-state index in [1.54, 1.807) is 11.1 Å². The largest absolute Gasteiger partial charge is 0.379 e. The standard InChI is InChI=1S/C19H30N2O/c1(5-11-21-12-14-22-15-13-21)4-10-20-19-9-8-17-6-2-3-7-18(17)16-19/h2-3,6-7,19-20H,1,4-5,8-16H2/t19-/m0/s1. The summed E-state index contributed by atoms with van der Waals surface area (Å²) in [6.45, 7) is 6.52. The molecule has 22 heavy (non-hydrogen) atoms. The van der Waals surface area contributed by atoms with Gasteiger partial charge in [-0.3, -0.25) is 4.90 Å². The number of unbranched alkanes of at least 4 members (excludes halogenated alkanes) is 2. The lowest BCUT2D eigenvalue weighted by atomic mass is 9.88. The SMILES string of the molecule is c1ccc2c(c1)CC[C@H](NCCCCCN1CCOCC1)C2. The molecular weight excluding hydrogens is 272 g/mol. The number of rotatable bonds is 7. The molecule has 1 saturated heterocycles. The Morgan fingerprint density at radius 1 is 1.05 bits per heavy atom. The zero-order chi connectivity index (χ0) is 15.0. The van der Waals surface area contributed by atoms with Crippen LogP contribution in [0.2, 0.25) is 0 Å². The second kappa shape index (κ2) is 8.66. The van der Waals surface area contributed by atoms with Crippen molar-refractivity contribution < 1.29 is 4.74 Å². The van der Waals surface area contributed by atoms with Crippen molar-refractivity contribution in [2.75, 3.05) is 39.4 Å². The Morgan fingerprint density at radius 3 is 2.73 bits per heavy atom. The smallest absolute Gasteiger partial charge is 0.0594 e. The summed E-state index contributed by atoms with van der Waals surface area (Å²) in [5, 5.41) is 3.77. The number of ether oxygens (including phenoxy) is 1. The molecule has 2 aliphatic rings. The molecule has 1 N–H and O–H groups in total. The summed E-state index contributed by atoms with van der Waals surface area (Å²) in [4.78, 5) is 2.54. The van der Waals surface area contributed by atoms with E-state index in [1.165, 1.54) is 51.6 Å². The zero-order valence-corrected chi connectivity index (χ0v) is 13.7. The van der Waals surface area contributed by atoms with Crippen LogP contribution in [0.4, 0.5) is 0 Å². The van der Waals surface area contributed by atoms with E-state index in [0.717, 1.165) is 26.3 Å². The molecule has 1 aliphatic carbocycles. The first kappa shape index (κ1) is 16.0. The van der Waals surface area contributed by atoms with Gasteiger partial charge in [-0.15, -0.1) is 0 Å². The third-order valence-corrected chi connectivity index (χ3v) is 5.03. The van der Waals surface area contributed by atoms with Gasteiger partial charge in [0.25, 0.3) is 0 Å². The van der Waals surface area contributed by atoms with Gasteiger partial charge in [0.05, 0.1) is 13.2 Å². The van der Waals surface area contributed by atoms with Crippen LogP contribution in [0.3, 0.4) is 0 Å². The van der Waals surface area contributed by atoms with Crippen molar-refractivity contribution in [1.82, 2.24) is 10.2 Å². The van der Waals surface area contributed by atoms with Gasteiger partial charge in [0, 0.05) is 19.1 Å². The number of aryl methyl sites for hydroxylation is 1. The Bertz CT molecular complexity index is 443. The van der Waals surface area contributed by atoms with Crippen LogP contribution in [0.25, 0.3) is 0 Å². The summed E-state index contributed by atoms with van der Waals surface area (Å²) in [6, 6.07) is 9.62. The average Bonchev–Trinajstić information content (AvgIpc) is 2.59. The molecule has 0 spiro atoms. The van der Waals surface area contributed by atoms with Crippen LogP contribution in [0, 0.1) is 0 Å². The fourth-order valence-corrected chi connectivity index (χ4v) is 3.64. The Morgan fingerprint density at radius 2 is 1.86 bits per heavy atom. The van der Waals surface area contributed by atoms with E-state index >= 15 is 0 Å². The van der Waals surface area contributed by atoms with Crippen molar-refractivity contribution >= 4 is 0 Å². The van der Waals surface area contributed by atoms with Crippen molar-refractivity contribution in [3.05, 3.63) is 35.4 Å². The predicted octanol–water partition coefficient (Wildman–Crippen LogP) is 2.64. The predicted molar refractivity (Wildman–Crippen MR) is 91.4 cm³/mol. The van der Waals surface area contributed by atoms with Crippen molar-refractivity contribution in [2.24, 2.45) is 0 Å². The molecule has 0 unspecified atom stereocenters. The summed E-state index contributed by atoms with van der Waals surface area (Å²) < 4.78 is 5.39. The highest BCUT2D eigenvalue weighted by Gasteiger charge is 2.17. The minimum atomic E-state index is 0.689. The number of morpholine rings is 1. The van der Waals surface area contributed by atoms with Crippen LogP contribution >= 0.6 is 0 Å². The summed E-state index contributed by atoms with van der Waals surface area (Å²) >= 11 is 0. The lowest BCUT2D eigenvalue weighted by molar-refractivity contribution is 0.0371. The van der Waals surface area contributed by atoms with Gasteiger partial charge in [0.2, 0.25) is 0 Å². The summed E-state index contributed by atoms with van der Waals surface area (Å²) in [6.07, 6.45) is 7.73. The third-order valence-electron chi connectivity index (χ3n) is 5.03. The van der Waals surface area contributed by atoms with Gasteiger partial charge < -0.3 is 10.1 Å². The monoisotopic (exact) mass is 302 g/mol. The van der Waals surface area contributed by atoms with Gasteiger partial charge >= 0.3 is 0 Å². The Hall–Kier alpha value is -0.900. The van der Waals surface area contributed by atoms with Gasteiger partial charge in [0.15, 0.2) is 0 Å². The molecule has 1 heterocycles. The van der Waals surface area contributed by atoms with Crippen LogP contribution in [-0.4, -0.2) is 50.3 Å². The normalized spacial score (nSPS) is 22.5. The maximum Gasteiger partial charge on any atom is 0.0594 e. The minimum absolute atomic E-state index is 0.689. The van der Waals surface area contributed by atoms with Gasteiger partial charge in [-0.25, -0.2) is 0 Å². The first-order valence-corrected chi connectivity index (χ1v) is 9.02. The topological polar surface area (TPSA) is 24.5 Å². The third kappa shape index (κ3) is 4.80. The molecule has 3 heteroatoms. The Labute approximate surface area is 135 Å². The molecule has 3 rings (SSSR count). The average molecular weight is 302 g/mol. The Balaban J connectivity index is 1.25. The number of fused-ring (bicyclic) bond motifs is 1. The molecule has 0 amide bonds. The Kier molecular flexibility index (Phi) is 6.29. The first-order chi connectivity index (χ1) is 10.9. The van der Waals surface area contributed by atoms with E-state index in [2.05, 4.69) is 34.5 Å². The molecular formula is C19H30N2O. The summed E-state index contributed by atoms with van der Waals surface area (Å²) in [5.41, 5.74) is 3.12. The molecule has 3 nitrogen and oxygen atoms in total. The van der Waals surface area contributed by atoms with Crippen LogP contribution in [0.15, 0.2) is 24.3 Å². The first-order valence-electron chi connectivity index (χ1n) is 9.02. The van der Waals surface area contributed by atoms with Crippen molar-refractivity contribution in [3.63, 3.8) is 0 Å². The zero-order valence-electron chi connectivity index (χ0n) is 13.7. The maximum absolute atomic E-state index is 5.39. The molecule has 1 aliphatic heterocycles. The summed E-state index contributed by atoms with van der Waals surface area (Å²) in [7, 11) is 0. The highest BCUT2D eigenvalue weighted by atomic mass is 16.5. The van der Waals surface area contributed by atoms with E-state index in [-0.39, 0.29) is 0 Å². The molecule has 1 atom stereocenters. The molecule has 1 aromatic rings. The van der Waals surface area contributed by atoms with Gasteiger partial charge in [-0.05, 0) is 56.3 Å². The second-order valence-corrected chi connectivity index (χ2v) is 6.68. The quantitative estimate of drug-likeness (QED) is 0.784. The van der Waals surface area contributed by atoms with E-state index in [4.69, 9.17) is 4.74 Å². The number of benzene rings is 1. The van der Waals surface area contributed by atoms with Gasteiger partial charge in [-0.2, -0.15) is 0 Å². The van der Waals surface area contributed by atoms with E-state index in [9.17, 15) is 0 Å². The van der Waals surface area contributed by atoms with Gasteiger partial charge in [0.1, 0.15) is 0 Å². The number of hydrogen-bond acceptors (Lipinski definition) is 3. The van der Waals surface area contributed by atoms with Crippen LogP contribution in [0.1, 0.15) is 36.8 Å². The fourth-order valence-electron chi connectivity index (χ4n) is 3.64. The van der Waals surface area contributed by atoms with Crippen molar-refractivity contribution in [2.45, 2.75) is 44.6 Å². The lowest BCUT2D eigenvalue weighted by Gasteiger charge is -2.27. The molecule has 122 valence electrons. The molecule has 0 saturated carbocycles. The maximum atomic E-state index is 5.39. The van der Waals surface area contributed by atoms with Crippen LogP contribution < -0.4 is 5.32 Å². The van der Waals surface area contributed by atoms with Crippen LogP contribution in [-0.2, 0) is 17.6 Å². The van der Waals surface area contributed by atoms with Gasteiger partial charge in [-0.1, -0.05) is 30.7 Å². The highest BCUT2D eigenvalue weighted by Crippen LogP contribution is 2.20. The van der Waals surface area contributed by atoms with Crippen LogP contribution in [0.5, 0.6) is 0 Å². The second-order valence-electron chi connectivity index (χ2n) is 6.68. The molecule has 0 bridgehead atoms. The number of nitrogens with zero attached hydrogens (tertiary/aromatic N) is 1. The van der Waals surface area contributed by atoms with Crippen molar-refractivity contribution in [1.29, 1.82) is 0 Å².